The highest BCUT2D eigenvalue weighted by molar-refractivity contribution is 5.67. The van der Waals surface area contributed by atoms with Gasteiger partial charge in [-0.1, -0.05) is 0 Å². The van der Waals surface area contributed by atoms with Crippen molar-refractivity contribution in [2.24, 2.45) is 5.92 Å². The summed E-state index contributed by atoms with van der Waals surface area (Å²) in [7, 11) is 1.94. The molecule has 1 saturated heterocycles. The Kier molecular flexibility index (Phi) is 2.27. The molecule has 1 unspecified atom stereocenters. The van der Waals surface area contributed by atoms with Crippen molar-refractivity contribution in [2.45, 2.75) is 12.8 Å². The van der Waals surface area contributed by atoms with Gasteiger partial charge in [-0.15, -0.1) is 0 Å². The average Bonchev–Trinajstić information content (AvgIpc) is 1.88. The lowest BCUT2D eigenvalue weighted by Gasteiger charge is -2.29. The molecular formula is C7H12NO2-. The van der Waals surface area contributed by atoms with Crippen LogP contribution in [0.4, 0.5) is 0 Å². The van der Waals surface area contributed by atoms with Crippen molar-refractivity contribution < 1.29 is 9.90 Å². The number of piperidine rings is 1. The minimum atomic E-state index is -0.897. The van der Waals surface area contributed by atoms with Crippen LogP contribution in [0.15, 0.2) is 0 Å². The van der Waals surface area contributed by atoms with Gasteiger partial charge in [0.15, 0.2) is 0 Å². The Labute approximate surface area is 60.6 Å². The van der Waals surface area contributed by atoms with Crippen molar-refractivity contribution in [3.63, 3.8) is 0 Å². The predicted molar refractivity (Wildman–Crippen MR) is 35.2 cm³/mol. The summed E-state index contributed by atoms with van der Waals surface area (Å²) in [5.74, 6) is -1.13. The zero-order valence-electron chi connectivity index (χ0n) is 6.17. The Balaban J connectivity index is 2.39. The van der Waals surface area contributed by atoms with E-state index < -0.39 is 5.97 Å². The molecule has 0 saturated carbocycles. The van der Waals surface area contributed by atoms with Crippen molar-refractivity contribution in [3.8, 4) is 0 Å². The second-order valence-electron chi connectivity index (χ2n) is 2.92. The van der Waals surface area contributed by atoms with Gasteiger partial charge in [-0.05, 0) is 26.4 Å². The minimum absolute atomic E-state index is 0.237. The number of aliphatic carboxylic acids is 1. The van der Waals surface area contributed by atoms with Gasteiger partial charge in [0.2, 0.25) is 0 Å². The number of carboxylic acid groups (broad SMARTS) is 1. The first-order valence-corrected chi connectivity index (χ1v) is 3.59. The summed E-state index contributed by atoms with van der Waals surface area (Å²) >= 11 is 0. The van der Waals surface area contributed by atoms with Gasteiger partial charge >= 0.3 is 0 Å². The molecule has 1 aliphatic rings. The molecule has 1 aliphatic heterocycles. The molecule has 0 aromatic rings. The first-order valence-electron chi connectivity index (χ1n) is 3.59. The van der Waals surface area contributed by atoms with E-state index in [1.165, 1.54) is 0 Å². The fourth-order valence-corrected chi connectivity index (χ4v) is 1.36. The third kappa shape index (κ3) is 1.70. The number of hydrogen-bond donors (Lipinski definition) is 0. The molecule has 1 fully saturated rings. The highest BCUT2D eigenvalue weighted by Gasteiger charge is 2.17. The van der Waals surface area contributed by atoms with E-state index in [0.29, 0.717) is 6.54 Å². The van der Waals surface area contributed by atoms with Gasteiger partial charge in [0, 0.05) is 18.4 Å². The van der Waals surface area contributed by atoms with Gasteiger partial charge in [-0.25, -0.2) is 0 Å². The molecule has 1 heterocycles. The van der Waals surface area contributed by atoms with E-state index in [0.717, 1.165) is 19.4 Å². The fourth-order valence-electron chi connectivity index (χ4n) is 1.36. The molecule has 0 bridgehead atoms. The van der Waals surface area contributed by atoms with Gasteiger partial charge in [-0.2, -0.15) is 0 Å². The number of likely N-dealkylation sites (tertiary alicyclic amines) is 1. The molecule has 10 heavy (non-hydrogen) atoms. The van der Waals surface area contributed by atoms with Gasteiger partial charge in [0.05, 0.1) is 0 Å². The molecule has 0 aliphatic carbocycles. The number of hydrogen-bond acceptors (Lipinski definition) is 3. The molecular weight excluding hydrogens is 130 g/mol. The lowest BCUT2D eigenvalue weighted by atomic mass is 9.99. The largest absolute Gasteiger partial charge is 0.550 e. The average molecular weight is 142 g/mol. The van der Waals surface area contributed by atoms with Crippen LogP contribution in [0.25, 0.3) is 0 Å². The van der Waals surface area contributed by atoms with Crippen molar-refractivity contribution >= 4 is 5.97 Å². The van der Waals surface area contributed by atoms with E-state index in [4.69, 9.17) is 0 Å². The van der Waals surface area contributed by atoms with Crippen LogP contribution in [0.3, 0.4) is 0 Å². The Morgan fingerprint density at radius 3 is 2.80 bits per heavy atom. The third-order valence-electron chi connectivity index (χ3n) is 1.96. The van der Waals surface area contributed by atoms with Crippen LogP contribution in [-0.4, -0.2) is 31.0 Å². The summed E-state index contributed by atoms with van der Waals surface area (Å²) in [5, 5.41) is 10.4. The molecule has 1 atom stereocenters. The quantitative estimate of drug-likeness (QED) is 0.475. The van der Waals surface area contributed by atoms with Crippen molar-refractivity contribution in [3.05, 3.63) is 0 Å². The van der Waals surface area contributed by atoms with Crippen molar-refractivity contribution in [1.82, 2.24) is 4.90 Å². The maximum Gasteiger partial charge on any atom is 0.0458 e. The molecule has 0 spiro atoms. The Hall–Kier alpha value is -0.570. The van der Waals surface area contributed by atoms with Crippen LogP contribution in [0.1, 0.15) is 12.8 Å². The van der Waals surface area contributed by atoms with Crippen LogP contribution >= 0.6 is 0 Å². The van der Waals surface area contributed by atoms with E-state index in [1.54, 1.807) is 0 Å². The molecule has 3 nitrogen and oxygen atoms in total. The van der Waals surface area contributed by atoms with Gasteiger partial charge in [-0.3, -0.25) is 0 Å². The highest BCUT2D eigenvalue weighted by Crippen LogP contribution is 2.13. The van der Waals surface area contributed by atoms with Crippen LogP contribution in [0.5, 0.6) is 0 Å². The topological polar surface area (TPSA) is 43.4 Å². The number of rotatable bonds is 1. The Morgan fingerprint density at radius 2 is 2.40 bits per heavy atom. The number of carboxylic acids is 1. The van der Waals surface area contributed by atoms with Crippen LogP contribution < -0.4 is 5.11 Å². The first-order chi connectivity index (χ1) is 4.70. The summed E-state index contributed by atoms with van der Waals surface area (Å²) in [6.07, 6.45) is 1.77. The summed E-state index contributed by atoms with van der Waals surface area (Å²) in [6, 6.07) is 0. The molecule has 0 aromatic heterocycles. The summed E-state index contributed by atoms with van der Waals surface area (Å²) in [5.41, 5.74) is 0. The monoisotopic (exact) mass is 142 g/mol. The second kappa shape index (κ2) is 3.01. The zero-order chi connectivity index (χ0) is 7.56. The highest BCUT2D eigenvalue weighted by atomic mass is 16.4. The van der Waals surface area contributed by atoms with Crippen molar-refractivity contribution in [2.75, 3.05) is 20.1 Å². The van der Waals surface area contributed by atoms with Gasteiger partial charge < -0.3 is 14.8 Å². The molecule has 0 N–H and O–H groups in total. The molecule has 58 valence electrons. The van der Waals surface area contributed by atoms with Crippen LogP contribution in [0, 0.1) is 5.92 Å². The van der Waals surface area contributed by atoms with Gasteiger partial charge in [0.25, 0.3) is 0 Å². The minimum Gasteiger partial charge on any atom is -0.550 e. The normalized spacial score (nSPS) is 28.3. The number of carbonyl (C=O) groups is 1. The fraction of sp³-hybridized carbons (Fsp3) is 0.857. The molecule has 0 aromatic carbocycles. The number of carbonyl (C=O) groups excluding carboxylic acids is 1. The van der Waals surface area contributed by atoms with E-state index in [-0.39, 0.29) is 5.92 Å². The third-order valence-corrected chi connectivity index (χ3v) is 1.96. The van der Waals surface area contributed by atoms with Crippen LogP contribution in [0.2, 0.25) is 0 Å². The van der Waals surface area contributed by atoms with E-state index in [9.17, 15) is 9.90 Å². The predicted octanol–water partition coefficient (Wildman–Crippen LogP) is -0.922. The maximum atomic E-state index is 10.4. The summed E-state index contributed by atoms with van der Waals surface area (Å²) in [6.45, 7) is 1.67. The standard InChI is InChI=1S/C7H13NO2/c1-8-4-2-3-6(5-8)7(9)10/h6H,2-5H2,1H3,(H,9,10)/p-1. The SMILES string of the molecule is CN1CCCC(C(=O)[O-])C1. The molecule has 0 radical (unpaired) electrons. The van der Waals surface area contributed by atoms with E-state index in [2.05, 4.69) is 0 Å². The van der Waals surface area contributed by atoms with E-state index >= 15 is 0 Å². The molecule has 1 rings (SSSR count). The molecule has 3 heteroatoms. The van der Waals surface area contributed by atoms with E-state index in [1.807, 2.05) is 11.9 Å². The second-order valence-corrected chi connectivity index (χ2v) is 2.92. The smallest absolute Gasteiger partial charge is 0.0458 e. The zero-order valence-corrected chi connectivity index (χ0v) is 6.17. The summed E-state index contributed by atoms with van der Waals surface area (Å²) in [4.78, 5) is 12.4. The lowest BCUT2D eigenvalue weighted by molar-refractivity contribution is -0.312. The Morgan fingerprint density at radius 1 is 1.70 bits per heavy atom. The Bertz CT molecular complexity index is 136. The van der Waals surface area contributed by atoms with Gasteiger partial charge in [0.1, 0.15) is 0 Å². The maximum absolute atomic E-state index is 10.4. The lowest BCUT2D eigenvalue weighted by Crippen LogP contribution is -2.42. The summed E-state index contributed by atoms with van der Waals surface area (Å²) < 4.78 is 0. The van der Waals surface area contributed by atoms with Crippen LogP contribution in [-0.2, 0) is 4.79 Å². The number of nitrogens with zero attached hydrogens (tertiary/aromatic N) is 1. The van der Waals surface area contributed by atoms with Crippen molar-refractivity contribution in [1.29, 1.82) is 0 Å². The first kappa shape index (κ1) is 7.54. The molecule has 0 amide bonds.